The zero-order valence-corrected chi connectivity index (χ0v) is 13.8. The molecular weight excluding hydrogens is 290 g/mol. The molecular formula is C18H27N3O2. The quantitative estimate of drug-likeness (QED) is 0.722. The zero-order chi connectivity index (χ0) is 16.7. The van der Waals surface area contributed by atoms with Crippen LogP contribution in [0.2, 0.25) is 0 Å². The number of hydrogen-bond donors (Lipinski definition) is 3. The van der Waals surface area contributed by atoms with E-state index in [0.29, 0.717) is 12.5 Å². The van der Waals surface area contributed by atoms with Gasteiger partial charge in [0, 0.05) is 19.2 Å². The summed E-state index contributed by atoms with van der Waals surface area (Å²) in [7, 11) is 0. The smallest absolute Gasteiger partial charge is 0.234 e. The minimum absolute atomic E-state index is 0.0860. The number of rotatable bonds is 7. The van der Waals surface area contributed by atoms with Crippen LogP contribution in [0.4, 0.5) is 5.69 Å². The third-order valence-electron chi connectivity index (χ3n) is 4.46. The van der Waals surface area contributed by atoms with Gasteiger partial charge in [-0.1, -0.05) is 44.2 Å². The van der Waals surface area contributed by atoms with Crippen molar-refractivity contribution in [3.8, 4) is 0 Å². The summed E-state index contributed by atoms with van der Waals surface area (Å²) in [6, 6.07) is 7.33. The third-order valence-corrected chi connectivity index (χ3v) is 4.46. The van der Waals surface area contributed by atoms with Gasteiger partial charge in [0.05, 0.1) is 6.04 Å². The van der Waals surface area contributed by atoms with E-state index < -0.39 is 0 Å². The predicted molar refractivity (Wildman–Crippen MR) is 91.8 cm³/mol. The van der Waals surface area contributed by atoms with E-state index in [1.807, 2.05) is 24.3 Å². The Kier molecular flexibility index (Phi) is 6.59. The summed E-state index contributed by atoms with van der Waals surface area (Å²) >= 11 is 0. The predicted octanol–water partition coefficient (Wildman–Crippen LogP) is 2.56. The van der Waals surface area contributed by atoms with Gasteiger partial charge in [0.25, 0.3) is 0 Å². The Morgan fingerprint density at radius 3 is 2.39 bits per heavy atom. The lowest BCUT2D eigenvalue weighted by Gasteiger charge is -2.25. The Morgan fingerprint density at radius 1 is 1.17 bits per heavy atom. The van der Waals surface area contributed by atoms with Crippen molar-refractivity contribution in [2.45, 2.75) is 58.0 Å². The minimum atomic E-state index is -0.273. The topological polar surface area (TPSA) is 84.2 Å². The monoisotopic (exact) mass is 317 g/mol. The maximum atomic E-state index is 11.7. The highest BCUT2D eigenvalue weighted by Crippen LogP contribution is 2.27. The molecule has 0 spiro atoms. The van der Waals surface area contributed by atoms with Crippen molar-refractivity contribution in [1.29, 1.82) is 0 Å². The first-order valence-corrected chi connectivity index (χ1v) is 8.44. The van der Waals surface area contributed by atoms with Crippen LogP contribution in [0.15, 0.2) is 24.3 Å². The highest BCUT2D eigenvalue weighted by atomic mass is 16.1. The fraction of sp³-hybridized carbons (Fsp3) is 0.556. The molecule has 0 heterocycles. The second-order valence-electron chi connectivity index (χ2n) is 6.45. The third kappa shape index (κ3) is 6.02. The summed E-state index contributed by atoms with van der Waals surface area (Å²) in [5.41, 5.74) is 7.38. The van der Waals surface area contributed by atoms with Crippen LogP contribution < -0.4 is 16.4 Å². The Hall–Kier alpha value is -1.88. The first kappa shape index (κ1) is 17.5. The Bertz CT molecular complexity index is 522. The Labute approximate surface area is 138 Å². The van der Waals surface area contributed by atoms with Crippen molar-refractivity contribution in [2.75, 3.05) is 5.32 Å². The molecule has 4 N–H and O–H groups in total. The van der Waals surface area contributed by atoms with Gasteiger partial charge in [0.2, 0.25) is 11.8 Å². The second kappa shape index (κ2) is 8.67. The minimum Gasteiger partial charge on any atom is -0.368 e. The van der Waals surface area contributed by atoms with E-state index in [9.17, 15) is 9.59 Å². The molecule has 1 atom stereocenters. The van der Waals surface area contributed by atoms with E-state index in [2.05, 4.69) is 10.6 Å². The molecule has 2 rings (SSSR count). The standard InChI is InChI=1S/C18H27N3O2/c1-13(22)21-16-9-7-15(8-10-16)12-20-17(18(19)23)11-14-5-3-2-4-6-14/h7-10,14,17,20H,2-6,11-12H2,1H3,(H2,19,23)(H,21,22). The molecule has 0 bridgehead atoms. The van der Waals surface area contributed by atoms with Crippen LogP contribution in [0.5, 0.6) is 0 Å². The van der Waals surface area contributed by atoms with Gasteiger partial charge in [-0.15, -0.1) is 0 Å². The SMILES string of the molecule is CC(=O)Nc1ccc(CNC(CC2CCCCC2)C(N)=O)cc1. The van der Waals surface area contributed by atoms with Crippen LogP contribution >= 0.6 is 0 Å². The molecule has 0 aliphatic heterocycles. The average Bonchev–Trinajstić information content (AvgIpc) is 2.53. The lowest BCUT2D eigenvalue weighted by Crippen LogP contribution is -2.42. The van der Waals surface area contributed by atoms with Crippen LogP contribution in [-0.2, 0) is 16.1 Å². The van der Waals surface area contributed by atoms with Crippen molar-refractivity contribution < 1.29 is 9.59 Å². The summed E-state index contributed by atoms with van der Waals surface area (Å²) in [5, 5.41) is 6.02. The number of hydrogen-bond acceptors (Lipinski definition) is 3. The molecule has 5 heteroatoms. The van der Waals surface area contributed by atoms with Gasteiger partial charge in [-0.05, 0) is 30.0 Å². The number of nitrogens with two attached hydrogens (primary N) is 1. The van der Waals surface area contributed by atoms with E-state index in [-0.39, 0.29) is 17.9 Å². The number of benzene rings is 1. The normalized spacial score (nSPS) is 16.7. The lowest BCUT2D eigenvalue weighted by molar-refractivity contribution is -0.120. The van der Waals surface area contributed by atoms with Crippen LogP contribution in [0.3, 0.4) is 0 Å². The van der Waals surface area contributed by atoms with E-state index in [4.69, 9.17) is 5.73 Å². The largest absolute Gasteiger partial charge is 0.368 e. The molecule has 1 saturated carbocycles. The maximum Gasteiger partial charge on any atom is 0.234 e. The summed E-state index contributed by atoms with van der Waals surface area (Å²) in [6.45, 7) is 2.08. The highest BCUT2D eigenvalue weighted by molar-refractivity contribution is 5.88. The molecule has 1 aliphatic rings. The maximum absolute atomic E-state index is 11.7. The highest BCUT2D eigenvalue weighted by Gasteiger charge is 2.22. The van der Waals surface area contributed by atoms with Gasteiger partial charge in [-0.25, -0.2) is 0 Å². The molecule has 5 nitrogen and oxygen atoms in total. The van der Waals surface area contributed by atoms with Gasteiger partial charge < -0.3 is 16.4 Å². The molecule has 1 unspecified atom stereocenters. The average molecular weight is 317 g/mol. The Balaban J connectivity index is 1.85. The van der Waals surface area contributed by atoms with E-state index in [1.165, 1.54) is 39.0 Å². The summed E-state index contributed by atoms with van der Waals surface area (Å²) in [4.78, 5) is 22.7. The molecule has 1 aromatic carbocycles. The van der Waals surface area contributed by atoms with Crippen molar-refractivity contribution >= 4 is 17.5 Å². The van der Waals surface area contributed by atoms with E-state index in [0.717, 1.165) is 17.7 Å². The van der Waals surface area contributed by atoms with Gasteiger partial charge in [-0.3, -0.25) is 9.59 Å². The fourth-order valence-electron chi connectivity index (χ4n) is 3.21. The van der Waals surface area contributed by atoms with Crippen LogP contribution in [0.1, 0.15) is 51.0 Å². The van der Waals surface area contributed by atoms with Crippen molar-refractivity contribution in [2.24, 2.45) is 11.7 Å². The molecule has 0 radical (unpaired) electrons. The first-order valence-electron chi connectivity index (χ1n) is 8.44. The summed E-state index contributed by atoms with van der Waals surface area (Å²) in [6.07, 6.45) is 7.08. The Morgan fingerprint density at radius 2 is 1.83 bits per heavy atom. The molecule has 2 amide bonds. The number of primary amides is 1. The lowest BCUT2D eigenvalue weighted by atomic mass is 9.84. The number of carbonyl (C=O) groups is 2. The second-order valence-corrected chi connectivity index (χ2v) is 6.45. The number of nitrogens with one attached hydrogen (secondary N) is 2. The van der Waals surface area contributed by atoms with Crippen LogP contribution in [-0.4, -0.2) is 17.9 Å². The van der Waals surface area contributed by atoms with E-state index >= 15 is 0 Å². The first-order chi connectivity index (χ1) is 11.0. The molecule has 1 fully saturated rings. The molecule has 0 saturated heterocycles. The number of anilines is 1. The molecule has 1 aliphatic carbocycles. The zero-order valence-electron chi connectivity index (χ0n) is 13.8. The van der Waals surface area contributed by atoms with Gasteiger partial charge in [0.15, 0.2) is 0 Å². The number of amides is 2. The molecule has 23 heavy (non-hydrogen) atoms. The van der Waals surface area contributed by atoms with Crippen molar-refractivity contribution in [3.63, 3.8) is 0 Å². The fourth-order valence-corrected chi connectivity index (χ4v) is 3.21. The summed E-state index contributed by atoms with van der Waals surface area (Å²) in [5.74, 6) is 0.249. The summed E-state index contributed by atoms with van der Waals surface area (Å²) < 4.78 is 0. The number of carbonyl (C=O) groups excluding carboxylic acids is 2. The van der Waals surface area contributed by atoms with Gasteiger partial charge in [-0.2, -0.15) is 0 Å². The van der Waals surface area contributed by atoms with E-state index in [1.54, 1.807) is 0 Å². The molecule has 0 aromatic heterocycles. The van der Waals surface area contributed by atoms with Crippen LogP contribution in [0.25, 0.3) is 0 Å². The molecule has 1 aromatic rings. The van der Waals surface area contributed by atoms with Crippen molar-refractivity contribution in [3.05, 3.63) is 29.8 Å². The van der Waals surface area contributed by atoms with Crippen LogP contribution in [0, 0.1) is 5.92 Å². The van der Waals surface area contributed by atoms with Gasteiger partial charge in [0.1, 0.15) is 0 Å². The van der Waals surface area contributed by atoms with Gasteiger partial charge >= 0.3 is 0 Å². The van der Waals surface area contributed by atoms with Crippen molar-refractivity contribution in [1.82, 2.24) is 5.32 Å². The molecule has 126 valence electrons.